The van der Waals surface area contributed by atoms with E-state index in [2.05, 4.69) is 0 Å². The molecule has 1 fully saturated rings. The number of hydrogen-bond acceptors (Lipinski definition) is 4. The van der Waals surface area contributed by atoms with E-state index in [0.717, 1.165) is 0 Å². The Hall–Kier alpha value is -0.160. The standard InChI is InChI=1S/C6H12O4/c1-5(2)7-9-6(3,4)10-8-5/h1-4H3. The van der Waals surface area contributed by atoms with Crippen LogP contribution >= 0.6 is 0 Å². The zero-order chi connectivity index (χ0) is 7.83. The van der Waals surface area contributed by atoms with E-state index >= 15 is 0 Å². The zero-order valence-corrected chi connectivity index (χ0v) is 6.63. The highest BCUT2D eigenvalue weighted by molar-refractivity contribution is 4.54. The quantitative estimate of drug-likeness (QED) is 0.486. The van der Waals surface area contributed by atoms with Crippen molar-refractivity contribution in [3.63, 3.8) is 0 Å². The van der Waals surface area contributed by atoms with Crippen LogP contribution in [-0.2, 0) is 19.6 Å². The molecule has 0 aliphatic carbocycles. The SMILES string of the molecule is CC1(C)OOC(C)(C)OO1. The predicted octanol–water partition coefficient (Wildman–Crippen LogP) is 1.37. The summed E-state index contributed by atoms with van der Waals surface area (Å²) in [7, 11) is 0. The summed E-state index contributed by atoms with van der Waals surface area (Å²) in [4.78, 5) is 19.3. The molecule has 0 spiro atoms. The topological polar surface area (TPSA) is 36.9 Å². The van der Waals surface area contributed by atoms with Crippen LogP contribution in [0.25, 0.3) is 0 Å². The Bertz CT molecular complexity index is 102. The summed E-state index contributed by atoms with van der Waals surface area (Å²) in [6, 6.07) is 0. The molecule has 1 heterocycles. The van der Waals surface area contributed by atoms with Crippen LogP contribution in [0.2, 0.25) is 0 Å². The summed E-state index contributed by atoms with van der Waals surface area (Å²) in [6.07, 6.45) is 0. The van der Waals surface area contributed by atoms with Gasteiger partial charge in [-0.1, -0.05) is 0 Å². The van der Waals surface area contributed by atoms with Gasteiger partial charge < -0.3 is 0 Å². The van der Waals surface area contributed by atoms with Crippen LogP contribution in [0, 0.1) is 0 Å². The Morgan fingerprint density at radius 3 is 1.00 bits per heavy atom. The first-order chi connectivity index (χ1) is 4.41. The smallest absolute Gasteiger partial charge is 0.196 e. The van der Waals surface area contributed by atoms with Gasteiger partial charge in [-0.15, -0.1) is 0 Å². The Kier molecular flexibility index (Phi) is 1.72. The fourth-order valence-corrected chi connectivity index (χ4v) is 0.429. The van der Waals surface area contributed by atoms with Crippen LogP contribution in [0.15, 0.2) is 0 Å². The minimum Gasteiger partial charge on any atom is -0.196 e. The molecule has 4 nitrogen and oxygen atoms in total. The van der Waals surface area contributed by atoms with Gasteiger partial charge in [-0.25, -0.2) is 0 Å². The van der Waals surface area contributed by atoms with Crippen LogP contribution in [0.1, 0.15) is 27.7 Å². The highest BCUT2D eigenvalue weighted by Gasteiger charge is 2.37. The molecule has 0 radical (unpaired) electrons. The molecule has 10 heavy (non-hydrogen) atoms. The van der Waals surface area contributed by atoms with E-state index in [4.69, 9.17) is 19.6 Å². The average Bonchev–Trinajstić information content (AvgIpc) is 1.79. The van der Waals surface area contributed by atoms with E-state index < -0.39 is 11.6 Å². The third-order valence-electron chi connectivity index (χ3n) is 0.886. The molecule has 0 bridgehead atoms. The summed E-state index contributed by atoms with van der Waals surface area (Å²) in [5.41, 5.74) is 0. The monoisotopic (exact) mass is 148 g/mol. The first-order valence-electron chi connectivity index (χ1n) is 3.15. The van der Waals surface area contributed by atoms with Crippen molar-refractivity contribution in [2.75, 3.05) is 0 Å². The molecule has 1 saturated heterocycles. The molecule has 0 saturated carbocycles. The summed E-state index contributed by atoms with van der Waals surface area (Å²) in [6.45, 7) is 6.79. The van der Waals surface area contributed by atoms with Crippen molar-refractivity contribution in [2.24, 2.45) is 0 Å². The van der Waals surface area contributed by atoms with E-state index in [-0.39, 0.29) is 0 Å². The maximum atomic E-state index is 4.83. The van der Waals surface area contributed by atoms with Crippen molar-refractivity contribution in [2.45, 2.75) is 39.3 Å². The molecule has 0 unspecified atom stereocenters. The summed E-state index contributed by atoms with van der Waals surface area (Å²) in [5, 5.41) is 0. The maximum Gasteiger partial charge on any atom is 0.228 e. The van der Waals surface area contributed by atoms with Crippen molar-refractivity contribution in [1.82, 2.24) is 0 Å². The van der Waals surface area contributed by atoms with Crippen molar-refractivity contribution < 1.29 is 19.6 Å². The van der Waals surface area contributed by atoms with Crippen molar-refractivity contribution >= 4 is 0 Å². The second kappa shape index (κ2) is 2.17. The normalized spacial score (nSPS) is 30.0. The zero-order valence-electron chi connectivity index (χ0n) is 6.63. The largest absolute Gasteiger partial charge is 0.228 e. The molecule has 1 rings (SSSR count). The summed E-state index contributed by atoms with van der Waals surface area (Å²) in [5.74, 6) is -1.62. The molecule has 0 amide bonds. The lowest BCUT2D eigenvalue weighted by molar-refractivity contribution is -0.644. The van der Waals surface area contributed by atoms with Crippen LogP contribution in [-0.4, -0.2) is 11.6 Å². The van der Waals surface area contributed by atoms with Crippen LogP contribution in [0.5, 0.6) is 0 Å². The van der Waals surface area contributed by atoms with Gasteiger partial charge in [0.25, 0.3) is 0 Å². The van der Waals surface area contributed by atoms with Crippen LogP contribution in [0.3, 0.4) is 0 Å². The maximum absolute atomic E-state index is 4.83. The minimum atomic E-state index is -0.810. The molecule has 1 aliphatic rings. The molecule has 0 N–H and O–H groups in total. The lowest BCUT2D eigenvalue weighted by atomic mass is 10.4. The molecule has 0 aromatic rings. The molecular formula is C6H12O4. The van der Waals surface area contributed by atoms with E-state index in [0.29, 0.717) is 0 Å². The highest BCUT2D eigenvalue weighted by Crippen LogP contribution is 2.26. The second-order valence-corrected chi connectivity index (χ2v) is 3.13. The van der Waals surface area contributed by atoms with Gasteiger partial charge in [-0.05, 0) is 27.7 Å². The predicted molar refractivity (Wildman–Crippen MR) is 32.5 cm³/mol. The molecular weight excluding hydrogens is 136 g/mol. The first-order valence-corrected chi connectivity index (χ1v) is 3.15. The van der Waals surface area contributed by atoms with Crippen LogP contribution in [0.4, 0.5) is 0 Å². The van der Waals surface area contributed by atoms with E-state index in [9.17, 15) is 0 Å². The Morgan fingerprint density at radius 1 is 0.600 bits per heavy atom. The third-order valence-corrected chi connectivity index (χ3v) is 0.886. The number of rotatable bonds is 0. The molecule has 0 aromatic carbocycles. The highest BCUT2D eigenvalue weighted by atomic mass is 17.4. The van der Waals surface area contributed by atoms with E-state index in [1.54, 1.807) is 27.7 Å². The first kappa shape index (κ1) is 7.94. The fourth-order valence-electron chi connectivity index (χ4n) is 0.429. The van der Waals surface area contributed by atoms with Crippen molar-refractivity contribution in [3.05, 3.63) is 0 Å². The molecule has 0 atom stereocenters. The summed E-state index contributed by atoms with van der Waals surface area (Å²) < 4.78 is 0. The van der Waals surface area contributed by atoms with Gasteiger partial charge >= 0.3 is 0 Å². The molecule has 4 heteroatoms. The molecule has 60 valence electrons. The van der Waals surface area contributed by atoms with Crippen molar-refractivity contribution in [1.29, 1.82) is 0 Å². The second-order valence-electron chi connectivity index (χ2n) is 3.13. The van der Waals surface area contributed by atoms with Gasteiger partial charge in [-0.2, -0.15) is 19.6 Å². The lowest BCUT2D eigenvalue weighted by Crippen LogP contribution is -2.44. The van der Waals surface area contributed by atoms with E-state index in [1.165, 1.54) is 0 Å². The Labute approximate surface area is 59.9 Å². The van der Waals surface area contributed by atoms with Gasteiger partial charge in [0.2, 0.25) is 11.6 Å². The van der Waals surface area contributed by atoms with Gasteiger partial charge in [0.1, 0.15) is 0 Å². The minimum absolute atomic E-state index is 0.810. The Balaban J connectivity index is 2.46. The van der Waals surface area contributed by atoms with Gasteiger partial charge in [0.15, 0.2) is 0 Å². The van der Waals surface area contributed by atoms with Crippen LogP contribution < -0.4 is 0 Å². The lowest BCUT2D eigenvalue weighted by Gasteiger charge is -2.35. The molecule has 0 aromatic heterocycles. The Morgan fingerprint density at radius 2 is 0.800 bits per heavy atom. The number of hydrogen-bond donors (Lipinski definition) is 0. The fraction of sp³-hybridized carbons (Fsp3) is 1.00. The van der Waals surface area contributed by atoms with Gasteiger partial charge in [0, 0.05) is 0 Å². The van der Waals surface area contributed by atoms with Gasteiger partial charge in [-0.3, -0.25) is 0 Å². The molecule has 1 aliphatic heterocycles. The third kappa shape index (κ3) is 1.91. The summed E-state index contributed by atoms with van der Waals surface area (Å²) >= 11 is 0. The average molecular weight is 148 g/mol. The van der Waals surface area contributed by atoms with Crippen molar-refractivity contribution in [3.8, 4) is 0 Å². The van der Waals surface area contributed by atoms with E-state index in [1.807, 2.05) is 0 Å². The van der Waals surface area contributed by atoms with Gasteiger partial charge in [0.05, 0.1) is 0 Å².